The number of hydrogen-bond acceptors (Lipinski definition) is 2. The summed E-state index contributed by atoms with van der Waals surface area (Å²) in [6, 6.07) is 6.04. The average molecular weight is 355 g/mol. The van der Waals surface area contributed by atoms with Crippen LogP contribution in [0.4, 0.5) is 8.78 Å². The van der Waals surface area contributed by atoms with E-state index in [0.29, 0.717) is 6.42 Å². The summed E-state index contributed by atoms with van der Waals surface area (Å²) in [6.07, 6.45) is 4.46. The zero-order valence-corrected chi connectivity index (χ0v) is 13.3. The molecule has 0 aliphatic rings. The maximum Gasteiger partial charge on any atom is 0.141 e. The number of aromatic nitrogens is 1. The topological polar surface area (TPSA) is 24.9 Å². The van der Waals surface area contributed by atoms with Gasteiger partial charge in [0.15, 0.2) is 0 Å². The molecule has 0 amide bonds. The lowest BCUT2D eigenvalue weighted by Gasteiger charge is -2.19. The van der Waals surface area contributed by atoms with Crippen LogP contribution in [0, 0.1) is 11.6 Å². The highest BCUT2D eigenvalue weighted by atomic mass is 79.9. The predicted octanol–water partition coefficient (Wildman–Crippen LogP) is 4.41. The molecule has 0 fully saturated rings. The summed E-state index contributed by atoms with van der Waals surface area (Å²) >= 11 is 3.37. The van der Waals surface area contributed by atoms with Crippen LogP contribution in [-0.4, -0.2) is 11.5 Å². The Morgan fingerprint density at radius 1 is 1.19 bits per heavy atom. The monoisotopic (exact) mass is 354 g/mol. The Balaban J connectivity index is 2.23. The molecule has 2 aromatic rings. The lowest BCUT2D eigenvalue weighted by Crippen LogP contribution is -2.24. The van der Waals surface area contributed by atoms with Gasteiger partial charge < -0.3 is 5.32 Å². The third-order valence-electron chi connectivity index (χ3n) is 3.21. The SMILES string of the molecule is CCCNC(Cc1ccc(F)cc1Br)c1cncc(F)c1. The van der Waals surface area contributed by atoms with Gasteiger partial charge in [0.05, 0.1) is 6.20 Å². The van der Waals surface area contributed by atoms with Gasteiger partial charge in [0.25, 0.3) is 0 Å². The fourth-order valence-electron chi connectivity index (χ4n) is 2.15. The van der Waals surface area contributed by atoms with Crippen LogP contribution in [-0.2, 0) is 6.42 Å². The van der Waals surface area contributed by atoms with Crippen molar-refractivity contribution in [2.45, 2.75) is 25.8 Å². The summed E-state index contributed by atoms with van der Waals surface area (Å²) in [4.78, 5) is 3.90. The smallest absolute Gasteiger partial charge is 0.141 e. The number of nitrogens with zero attached hydrogens (tertiary/aromatic N) is 1. The maximum atomic E-state index is 13.4. The first-order valence-electron chi connectivity index (χ1n) is 6.88. The van der Waals surface area contributed by atoms with Gasteiger partial charge in [-0.1, -0.05) is 28.9 Å². The largest absolute Gasteiger partial charge is 0.310 e. The second-order valence-corrected chi connectivity index (χ2v) is 5.74. The van der Waals surface area contributed by atoms with Crippen LogP contribution in [0.25, 0.3) is 0 Å². The van der Waals surface area contributed by atoms with Gasteiger partial charge in [-0.15, -0.1) is 0 Å². The molecule has 112 valence electrons. The second-order valence-electron chi connectivity index (χ2n) is 4.88. The standard InChI is InChI=1S/C16H17BrF2N2/c1-2-5-21-16(12-6-14(19)10-20-9-12)7-11-3-4-13(18)8-15(11)17/h3-4,6,8-10,16,21H,2,5,7H2,1H3. The first-order chi connectivity index (χ1) is 10.1. The molecule has 0 aliphatic heterocycles. The normalized spacial score (nSPS) is 12.4. The fraction of sp³-hybridized carbons (Fsp3) is 0.312. The van der Waals surface area contributed by atoms with Crippen molar-refractivity contribution in [1.82, 2.24) is 10.3 Å². The Labute approximate surface area is 131 Å². The Morgan fingerprint density at radius 3 is 2.67 bits per heavy atom. The van der Waals surface area contributed by atoms with Crippen molar-refractivity contribution in [1.29, 1.82) is 0 Å². The summed E-state index contributed by atoms with van der Waals surface area (Å²) in [5.41, 5.74) is 1.76. The van der Waals surface area contributed by atoms with E-state index in [1.165, 1.54) is 24.4 Å². The third-order valence-corrected chi connectivity index (χ3v) is 3.95. The van der Waals surface area contributed by atoms with E-state index in [1.807, 2.05) is 0 Å². The molecule has 1 atom stereocenters. The average Bonchev–Trinajstić information content (AvgIpc) is 2.45. The molecule has 2 rings (SSSR count). The van der Waals surface area contributed by atoms with Crippen molar-refractivity contribution in [2.24, 2.45) is 0 Å². The second kappa shape index (κ2) is 7.61. The molecular weight excluding hydrogens is 338 g/mol. The zero-order valence-electron chi connectivity index (χ0n) is 11.7. The van der Waals surface area contributed by atoms with E-state index in [-0.39, 0.29) is 17.7 Å². The molecule has 1 aromatic heterocycles. The van der Waals surface area contributed by atoms with Gasteiger partial charge in [0, 0.05) is 16.7 Å². The van der Waals surface area contributed by atoms with E-state index in [1.54, 1.807) is 12.3 Å². The van der Waals surface area contributed by atoms with Crippen LogP contribution in [0.3, 0.4) is 0 Å². The highest BCUT2D eigenvalue weighted by Crippen LogP contribution is 2.25. The Bertz CT molecular complexity index is 605. The molecular formula is C16H17BrF2N2. The van der Waals surface area contributed by atoms with Gasteiger partial charge >= 0.3 is 0 Å². The number of hydrogen-bond donors (Lipinski definition) is 1. The molecule has 2 nitrogen and oxygen atoms in total. The van der Waals surface area contributed by atoms with E-state index in [9.17, 15) is 8.78 Å². The molecule has 0 radical (unpaired) electrons. The van der Waals surface area contributed by atoms with Crippen molar-refractivity contribution in [3.8, 4) is 0 Å². The van der Waals surface area contributed by atoms with Gasteiger partial charge in [0.1, 0.15) is 11.6 Å². The van der Waals surface area contributed by atoms with Gasteiger partial charge in [-0.3, -0.25) is 4.98 Å². The molecule has 1 N–H and O–H groups in total. The molecule has 0 saturated heterocycles. The van der Waals surface area contributed by atoms with Gasteiger partial charge in [0.2, 0.25) is 0 Å². The third kappa shape index (κ3) is 4.58. The van der Waals surface area contributed by atoms with Crippen LogP contribution in [0.15, 0.2) is 41.1 Å². The number of rotatable bonds is 6. The molecule has 1 unspecified atom stereocenters. The molecule has 0 aliphatic carbocycles. The highest BCUT2D eigenvalue weighted by molar-refractivity contribution is 9.10. The van der Waals surface area contributed by atoms with E-state index >= 15 is 0 Å². The summed E-state index contributed by atoms with van der Waals surface area (Å²) in [6.45, 7) is 2.89. The lowest BCUT2D eigenvalue weighted by molar-refractivity contribution is 0.520. The van der Waals surface area contributed by atoms with E-state index in [2.05, 4.69) is 33.2 Å². The summed E-state index contributed by atoms with van der Waals surface area (Å²) in [5, 5.41) is 3.38. The number of benzene rings is 1. The van der Waals surface area contributed by atoms with Crippen molar-refractivity contribution in [3.05, 3.63) is 63.9 Å². The minimum atomic E-state index is -0.353. The number of nitrogens with one attached hydrogen (secondary N) is 1. The minimum Gasteiger partial charge on any atom is -0.310 e. The van der Waals surface area contributed by atoms with Crippen molar-refractivity contribution in [2.75, 3.05) is 6.54 Å². The van der Waals surface area contributed by atoms with Gasteiger partial charge in [-0.05, 0) is 48.7 Å². The van der Waals surface area contributed by atoms with Gasteiger partial charge in [-0.25, -0.2) is 8.78 Å². The highest BCUT2D eigenvalue weighted by Gasteiger charge is 2.14. The predicted molar refractivity (Wildman–Crippen MR) is 83.0 cm³/mol. The van der Waals surface area contributed by atoms with Gasteiger partial charge in [-0.2, -0.15) is 0 Å². The molecule has 21 heavy (non-hydrogen) atoms. The molecule has 0 spiro atoms. The van der Waals surface area contributed by atoms with Crippen molar-refractivity contribution in [3.63, 3.8) is 0 Å². The number of halogens is 3. The molecule has 0 saturated carbocycles. The van der Waals surface area contributed by atoms with Crippen LogP contribution < -0.4 is 5.32 Å². The van der Waals surface area contributed by atoms with Crippen LogP contribution >= 0.6 is 15.9 Å². The fourth-order valence-corrected chi connectivity index (χ4v) is 2.67. The van der Waals surface area contributed by atoms with E-state index in [4.69, 9.17) is 0 Å². The molecule has 1 heterocycles. The first kappa shape index (κ1) is 16.0. The Kier molecular flexibility index (Phi) is 5.82. The molecule has 5 heteroatoms. The maximum absolute atomic E-state index is 13.4. The zero-order chi connectivity index (χ0) is 15.2. The molecule has 1 aromatic carbocycles. The number of pyridine rings is 1. The summed E-state index contributed by atoms with van der Waals surface area (Å²) < 4.78 is 27.2. The van der Waals surface area contributed by atoms with Crippen LogP contribution in [0.2, 0.25) is 0 Å². The Hall–Kier alpha value is -1.33. The van der Waals surface area contributed by atoms with E-state index < -0.39 is 0 Å². The minimum absolute atomic E-state index is 0.0603. The van der Waals surface area contributed by atoms with Crippen LogP contribution in [0.5, 0.6) is 0 Å². The van der Waals surface area contributed by atoms with Crippen molar-refractivity contribution < 1.29 is 8.78 Å². The van der Waals surface area contributed by atoms with Crippen molar-refractivity contribution >= 4 is 15.9 Å². The first-order valence-corrected chi connectivity index (χ1v) is 7.67. The Morgan fingerprint density at radius 2 is 2.00 bits per heavy atom. The summed E-state index contributed by atoms with van der Waals surface area (Å²) in [7, 11) is 0. The van der Waals surface area contributed by atoms with Crippen LogP contribution in [0.1, 0.15) is 30.5 Å². The summed E-state index contributed by atoms with van der Waals surface area (Å²) in [5.74, 6) is -0.634. The van der Waals surface area contributed by atoms with E-state index in [0.717, 1.165) is 28.6 Å². The lowest BCUT2D eigenvalue weighted by atomic mass is 10.00. The quantitative estimate of drug-likeness (QED) is 0.831. The molecule has 0 bridgehead atoms.